The van der Waals surface area contributed by atoms with Gasteiger partial charge in [0.1, 0.15) is 0 Å². The molecule has 1 aromatic rings. The Morgan fingerprint density at radius 2 is 2.12 bits per heavy atom. The molecule has 1 aromatic carbocycles. The fraction of sp³-hybridized carbons (Fsp3) is 0.417. The van der Waals surface area contributed by atoms with Gasteiger partial charge >= 0.3 is 5.97 Å². The molecular weight excluding hydrogens is 228 g/mol. The van der Waals surface area contributed by atoms with Gasteiger partial charge in [0, 0.05) is 24.8 Å². The third-order valence-electron chi connectivity index (χ3n) is 3.04. The minimum atomic E-state index is -0.903. The first kappa shape index (κ1) is 11.8. The molecule has 0 bridgehead atoms. The second-order valence-electron chi connectivity index (χ2n) is 4.22. The number of hydrogen-bond acceptors (Lipinski definition) is 2. The monoisotopic (exact) mass is 241 g/mol. The van der Waals surface area contributed by atoms with E-state index in [9.17, 15) is 13.6 Å². The Kier molecular flexibility index (Phi) is 3.26. The van der Waals surface area contributed by atoms with Crippen LogP contribution in [0.5, 0.6) is 0 Å². The van der Waals surface area contributed by atoms with Gasteiger partial charge in [0.2, 0.25) is 0 Å². The van der Waals surface area contributed by atoms with E-state index in [1.54, 1.807) is 4.90 Å². The molecule has 0 radical (unpaired) electrons. The first-order valence-electron chi connectivity index (χ1n) is 5.50. The van der Waals surface area contributed by atoms with E-state index in [0.717, 1.165) is 18.6 Å². The Labute approximate surface area is 97.7 Å². The van der Waals surface area contributed by atoms with Crippen LogP contribution >= 0.6 is 0 Å². The first-order chi connectivity index (χ1) is 8.08. The molecule has 1 aliphatic rings. The highest BCUT2D eigenvalue weighted by Crippen LogP contribution is 2.24. The summed E-state index contributed by atoms with van der Waals surface area (Å²) in [6.07, 6.45) is 1.38. The molecule has 0 saturated carbocycles. The smallest absolute Gasteiger partial charge is 0.308 e. The van der Waals surface area contributed by atoms with Crippen molar-refractivity contribution in [2.75, 3.05) is 18.0 Å². The number of hydrogen-bond donors (Lipinski definition) is 1. The van der Waals surface area contributed by atoms with Crippen LogP contribution in [0.15, 0.2) is 18.2 Å². The molecule has 1 heterocycles. The maximum Gasteiger partial charge on any atom is 0.308 e. The van der Waals surface area contributed by atoms with Crippen LogP contribution in [0.2, 0.25) is 0 Å². The second kappa shape index (κ2) is 4.69. The van der Waals surface area contributed by atoms with E-state index < -0.39 is 23.5 Å². The highest BCUT2D eigenvalue weighted by molar-refractivity contribution is 5.71. The van der Waals surface area contributed by atoms with Crippen LogP contribution in [0.4, 0.5) is 14.5 Å². The molecule has 1 fully saturated rings. The van der Waals surface area contributed by atoms with Gasteiger partial charge in [-0.3, -0.25) is 4.79 Å². The molecule has 0 spiro atoms. The van der Waals surface area contributed by atoms with E-state index in [-0.39, 0.29) is 0 Å². The lowest BCUT2D eigenvalue weighted by Gasteiger charge is -2.32. The summed E-state index contributed by atoms with van der Waals surface area (Å²) in [7, 11) is 0. The molecule has 3 nitrogen and oxygen atoms in total. The summed E-state index contributed by atoms with van der Waals surface area (Å²) in [5.41, 5.74) is 0.537. The van der Waals surface area contributed by atoms with Gasteiger partial charge in [0.05, 0.1) is 5.92 Å². The molecule has 92 valence electrons. The molecular formula is C12H13F2NO2. The van der Waals surface area contributed by atoms with Gasteiger partial charge in [0.15, 0.2) is 11.6 Å². The van der Waals surface area contributed by atoms with E-state index >= 15 is 0 Å². The number of carboxylic acids is 1. The lowest BCUT2D eigenvalue weighted by molar-refractivity contribution is -0.141. The van der Waals surface area contributed by atoms with Gasteiger partial charge in [-0.2, -0.15) is 0 Å². The molecule has 2 rings (SSSR count). The standard InChI is InChI=1S/C12H13F2NO2/c13-10-4-3-9(6-11(10)14)15-5-1-2-8(7-15)12(16)17/h3-4,6,8H,1-2,5,7H2,(H,16,17). The molecule has 1 saturated heterocycles. The van der Waals surface area contributed by atoms with E-state index in [0.29, 0.717) is 25.2 Å². The topological polar surface area (TPSA) is 40.5 Å². The molecule has 17 heavy (non-hydrogen) atoms. The van der Waals surface area contributed by atoms with Crippen LogP contribution < -0.4 is 4.90 Å². The molecule has 0 aliphatic carbocycles. The Morgan fingerprint density at radius 3 is 2.76 bits per heavy atom. The quantitative estimate of drug-likeness (QED) is 0.863. The normalized spacial score (nSPS) is 20.4. The summed E-state index contributed by atoms with van der Waals surface area (Å²) in [5, 5.41) is 8.94. The number of aliphatic carboxylic acids is 1. The number of carboxylic acid groups (broad SMARTS) is 1. The lowest BCUT2D eigenvalue weighted by atomic mass is 9.98. The zero-order valence-electron chi connectivity index (χ0n) is 9.20. The average molecular weight is 241 g/mol. The third-order valence-corrected chi connectivity index (χ3v) is 3.04. The van der Waals surface area contributed by atoms with Gasteiger partial charge in [-0.05, 0) is 25.0 Å². The van der Waals surface area contributed by atoms with Crippen LogP contribution in [0.1, 0.15) is 12.8 Å². The third kappa shape index (κ3) is 2.54. The average Bonchev–Trinajstić information content (AvgIpc) is 2.33. The summed E-state index contributed by atoms with van der Waals surface area (Å²) in [5.74, 6) is -3.06. The summed E-state index contributed by atoms with van der Waals surface area (Å²) in [4.78, 5) is 12.7. The van der Waals surface area contributed by atoms with Crippen molar-refractivity contribution in [3.05, 3.63) is 29.8 Å². The van der Waals surface area contributed by atoms with Crippen LogP contribution in [-0.4, -0.2) is 24.2 Å². The van der Waals surface area contributed by atoms with E-state index in [2.05, 4.69) is 0 Å². The maximum atomic E-state index is 13.1. The van der Waals surface area contributed by atoms with E-state index in [1.165, 1.54) is 6.07 Å². The SMILES string of the molecule is O=C(O)C1CCCN(c2ccc(F)c(F)c2)C1. The Morgan fingerprint density at radius 1 is 1.35 bits per heavy atom. The van der Waals surface area contributed by atoms with Crippen LogP contribution in [0.25, 0.3) is 0 Å². The zero-order valence-corrected chi connectivity index (χ0v) is 9.20. The number of rotatable bonds is 2. The molecule has 1 N–H and O–H groups in total. The minimum absolute atomic E-state index is 0.348. The molecule has 5 heteroatoms. The van der Waals surface area contributed by atoms with Crippen molar-refractivity contribution in [1.29, 1.82) is 0 Å². The van der Waals surface area contributed by atoms with Gasteiger partial charge in [-0.15, -0.1) is 0 Å². The summed E-state index contributed by atoms with van der Waals surface area (Å²) in [6, 6.07) is 3.65. The van der Waals surface area contributed by atoms with Crippen molar-refractivity contribution in [2.24, 2.45) is 5.92 Å². The number of carbonyl (C=O) groups is 1. The Balaban J connectivity index is 2.16. The molecule has 0 amide bonds. The molecule has 1 aliphatic heterocycles. The summed E-state index contributed by atoms with van der Waals surface area (Å²) in [6.45, 7) is 1.02. The molecule has 1 atom stereocenters. The zero-order chi connectivity index (χ0) is 12.4. The summed E-state index contributed by atoms with van der Waals surface area (Å²) >= 11 is 0. The second-order valence-corrected chi connectivity index (χ2v) is 4.22. The predicted molar refractivity (Wildman–Crippen MR) is 58.9 cm³/mol. The number of nitrogens with zero attached hydrogens (tertiary/aromatic N) is 1. The molecule has 1 unspecified atom stereocenters. The molecule has 0 aromatic heterocycles. The number of benzene rings is 1. The van der Waals surface area contributed by atoms with Gasteiger partial charge in [-0.25, -0.2) is 8.78 Å². The number of piperidine rings is 1. The van der Waals surface area contributed by atoms with Crippen LogP contribution in [0, 0.1) is 17.6 Å². The maximum absolute atomic E-state index is 13.1. The van der Waals surface area contributed by atoms with Crippen molar-refractivity contribution in [3.8, 4) is 0 Å². The van der Waals surface area contributed by atoms with Gasteiger partial charge in [0.25, 0.3) is 0 Å². The highest BCUT2D eigenvalue weighted by atomic mass is 19.2. The van der Waals surface area contributed by atoms with E-state index in [1.807, 2.05) is 0 Å². The first-order valence-corrected chi connectivity index (χ1v) is 5.50. The van der Waals surface area contributed by atoms with Gasteiger partial charge in [-0.1, -0.05) is 0 Å². The number of halogens is 2. The lowest BCUT2D eigenvalue weighted by Crippen LogP contribution is -2.38. The fourth-order valence-electron chi connectivity index (χ4n) is 2.09. The van der Waals surface area contributed by atoms with Gasteiger partial charge < -0.3 is 10.0 Å². The van der Waals surface area contributed by atoms with Crippen LogP contribution in [0.3, 0.4) is 0 Å². The van der Waals surface area contributed by atoms with Crippen molar-refractivity contribution in [1.82, 2.24) is 0 Å². The minimum Gasteiger partial charge on any atom is -0.481 e. The summed E-state index contributed by atoms with van der Waals surface area (Å²) < 4.78 is 25.9. The Hall–Kier alpha value is -1.65. The Bertz CT molecular complexity index is 437. The van der Waals surface area contributed by atoms with Crippen molar-refractivity contribution in [2.45, 2.75) is 12.8 Å². The van der Waals surface area contributed by atoms with Crippen molar-refractivity contribution < 1.29 is 18.7 Å². The number of anilines is 1. The largest absolute Gasteiger partial charge is 0.481 e. The van der Waals surface area contributed by atoms with Crippen LogP contribution in [-0.2, 0) is 4.79 Å². The highest BCUT2D eigenvalue weighted by Gasteiger charge is 2.25. The fourth-order valence-corrected chi connectivity index (χ4v) is 2.09. The van der Waals surface area contributed by atoms with Crippen molar-refractivity contribution in [3.63, 3.8) is 0 Å². The van der Waals surface area contributed by atoms with Crippen molar-refractivity contribution >= 4 is 11.7 Å². The van der Waals surface area contributed by atoms with E-state index in [4.69, 9.17) is 5.11 Å². The predicted octanol–water partition coefficient (Wildman–Crippen LogP) is 2.27.